The SMILES string of the molecule is CC(Nc1ccc(SC(F)(F)F)cc1)C1CCCC1. The molecule has 0 bridgehead atoms. The highest BCUT2D eigenvalue weighted by molar-refractivity contribution is 8.00. The van der Waals surface area contributed by atoms with Gasteiger partial charge in [0.25, 0.3) is 0 Å². The van der Waals surface area contributed by atoms with Crippen LogP contribution < -0.4 is 5.32 Å². The number of hydrogen-bond acceptors (Lipinski definition) is 2. The molecule has 1 saturated carbocycles. The van der Waals surface area contributed by atoms with Crippen molar-refractivity contribution in [1.29, 1.82) is 0 Å². The molecule has 1 aromatic rings. The highest BCUT2D eigenvalue weighted by Crippen LogP contribution is 2.37. The van der Waals surface area contributed by atoms with E-state index in [-0.39, 0.29) is 16.7 Å². The molecule has 0 spiro atoms. The number of rotatable bonds is 4. The van der Waals surface area contributed by atoms with Crippen LogP contribution in [0.2, 0.25) is 0 Å². The molecule has 1 aromatic carbocycles. The summed E-state index contributed by atoms with van der Waals surface area (Å²) in [5.74, 6) is 0.684. The molecule has 106 valence electrons. The maximum Gasteiger partial charge on any atom is 0.446 e. The minimum absolute atomic E-state index is 0.0741. The van der Waals surface area contributed by atoms with Crippen LogP contribution in [-0.4, -0.2) is 11.6 Å². The lowest BCUT2D eigenvalue weighted by atomic mass is 9.99. The van der Waals surface area contributed by atoms with Crippen LogP contribution in [0.25, 0.3) is 0 Å². The summed E-state index contributed by atoms with van der Waals surface area (Å²) in [5.41, 5.74) is -3.32. The molecular formula is C14H18F3NS. The van der Waals surface area contributed by atoms with Crippen LogP contribution in [-0.2, 0) is 0 Å². The molecule has 0 radical (unpaired) electrons. The molecule has 0 saturated heterocycles. The summed E-state index contributed by atoms with van der Waals surface area (Å²) in [6.45, 7) is 2.15. The van der Waals surface area contributed by atoms with Crippen molar-refractivity contribution in [2.24, 2.45) is 5.92 Å². The molecule has 5 heteroatoms. The second-order valence-electron chi connectivity index (χ2n) is 5.05. The monoisotopic (exact) mass is 289 g/mol. The summed E-state index contributed by atoms with van der Waals surface area (Å²) in [5, 5.41) is 3.38. The molecule has 1 fully saturated rings. The molecule has 1 aliphatic rings. The first-order valence-corrected chi connectivity index (χ1v) is 7.38. The van der Waals surface area contributed by atoms with Crippen LogP contribution >= 0.6 is 11.8 Å². The Morgan fingerprint density at radius 2 is 1.74 bits per heavy atom. The normalized spacial score (nSPS) is 18.5. The van der Waals surface area contributed by atoms with Gasteiger partial charge in [0.15, 0.2) is 0 Å². The third-order valence-electron chi connectivity index (χ3n) is 3.59. The molecule has 19 heavy (non-hydrogen) atoms. The van der Waals surface area contributed by atoms with E-state index in [9.17, 15) is 13.2 Å². The topological polar surface area (TPSA) is 12.0 Å². The van der Waals surface area contributed by atoms with Gasteiger partial charge in [-0.3, -0.25) is 0 Å². The van der Waals surface area contributed by atoms with Gasteiger partial charge >= 0.3 is 5.51 Å². The van der Waals surface area contributed by atoms with Gasteiger partial charge in [-0.1, -0.05) is 12.8 Å². The molecule has 0 aromatic heterocycles. The first kappa shape index (κ1) is 14.6. The quantitative estimate of drug-likeness (QED) is 0.756. The number of nitrogens with one attached hydrogen (secondary N) is 1. The summed E-state index contributed by atoms with van der Waals surface area (Å²) in [7, 11) is 0. The van der Waals surface area contributed by atoms with E-state index in [1.165, 1.54) is 37.8 Å². The molecule has 2 rings (SSSR count). The average molecular weight is 289 g/mol. The first-order chi connectivity index (χ1) is 8.94. The first-order valence-electron chi connectivity index (χ1n) is 6.56. The summed E-state index contributed by atoms with van der Waals surface area (Å²) in [4.78, 5) is 0.228. The highest BCUT2D eigenvalue weighted by atomic mass is 32.2. The molecule has 1 nitrogen and oxygen atoms in total. The van der Waals surface area contributed by atoms with Crippen molar-refractivity contribution in [3.8, 4) is 0 Å². The van der Waals surface area contributed by atoms with Crippen LogP contribution in [0.4, 0.5) is 18.9 Å². The van der Waals surface area contributed by atoms with Crippen molar-refractivity contribution in [3.05, 3.63) is 24.3 Å². The number of thioether (sulfide) groups is 1. The Balaban J connectivity index is 1.91. The zero-order chi connectivity index (χ0) is 13.9. The number of halogens is 3. The summed E-state index contributed by atoms with van der Waals surface area (Å²) >= 11 is -0.0741. The standard InChI is InChI=1S/C14H18F3NS/c1-10(11-4-2-3-5-11)18-12-6-8-13(9-7-12)19-14(15,16)17/h6-11,18H,2-5H2,1H3. The van der Waals surface area contributed by atoms with Crippen molar-refractivity contribution in [3.63, 3.8) is 0 Å². The van der Waals surface area contributed by atoms with Gasteiger partial charge in [-0.25, -0.2) is 0 Å². The Morgan fingerprint density at radius 1 is 1.16 bits per heavy atom. The van der Waals surface area contributed by atoms with Crippen molar-refractivity contribution < 1.29 is 13.2 Å². The van der Waals surface area contributed by atoms with Crippen LogP contribution in [0, 0.1) is 5.92 Å². The largest absolute Gasteiger partial charge is 0.446 e. The predicted molar refractivity (Wildman–Crippen MR) is 73.4 cm³/mol. The molecular weight excluding hydrogens is 271 g/mol. The van der Waals surface area contributed by atoms with Gasteiger partial charge in [-0.2, -0.15) is 13.2 Å². The van der Waals surface area contributed by atoms with E-state index in [1.54, 1.807) is 12.1 Å². The Morgan fingerprint density at radius 3 is 2.26 bits per heavy atom. The van der Waals surface area contributed by atoms with Crippen molar-refractivity contribution in [2.75, 3.05) is 5.32 Å². The summed E-state index contributed by atoms with van der Waals surface area (Å²) < 4.78 is 36.6. The maximum absolute atomic E-state index is 12.2. The van der Waals surface area contributed by atoms with E-state index >= 15 is 0 Å². The number of anilines is 1. The lowest BCUT2D eigenvalue weighted by Gasteiger charge is -2.21. The highest BCUT2D eigenvalue weighted by Gasteiger charge is 2.29. The van der Waals surface area contributed by atoms with Crippen LogP contribution in [0.1, 0.15) is 32.6 Å². The van der Waals surface area contributed by atoms with E-state index in [1.807, 2.05) is 0 Å². The smallest absolute Gasteiger partial charge is 0.382 e. The van der Waals surface area contributed by atoms with Gasteiger partial charge in [-0.15, -0.1) is 0 Å². The van der Waals surface area contributed by atoms with Gasteiger partial charge in [0.05, 0.1) is 0 Å². The second-order valence-corrected chi connectivity index (χ2v) is 6.19. The van der Waals surface area contributed by atoms with Gasteiger partial charge in [0.2, 0.25) is 0 Å². The Bertz CT molecular complexity index is 396. The van der Waals surface area contributed by atoms with Crippen molar-refractivity contribution >= 4 is 17.4 Å². The molecule has 1 aliphatic carbocycles. The minimum Gasteiger partial charge on any atom is -0.382 e. The van der Waals surface area contributed by atoms with Crippen LogP contribution in [0.5, 0.6) is 0 Å². The molecule has 0 amide bonds. The molecule has 1 atom stereocenters. The lowest BCUT2D eigenvalue weighted by Crippen LogP contribution is -2.23. The van der Waals surface area contributed by atoms with E-state index in [4.69, 9.17) is 0 Å². The third-order valence-corrected chi connectivity index (χ3v) is 4.33. The fourth-order valence-corrected chi connectivity index (χ4v) is 3.13. The Kier molecular flexibility index (Phi) is 4.66. The summed E-state index contributed by atoms with van der Waals surface area (Å²) in [6, 6.07) is 6.85. The zero-order valence-corrected chi connectivity index (χ0v) is 11.7. The number of hydrogen-bond donors (Lipinski definition) is 1. The van der Waals surface area contributed by atoms with Gasteiger partial charge in [0, 0.05) is 16.6 Å². The van der Waals surface area contributed by atoms with Gasteiger partial charge in [0.1, 0.15) is 0 Å². The van der Waals surface area contributed by atoms with Gasteiger partial charge < -0.3 is 5.32 Å². The Hall–Kier alpha value is -0.840. The molecule has 1 unspecified atom stereocenters. The van der Waals surface area contributed by atoms with E-state index < -0.39 is 5.51 Å². The Labute approximate surface area is 116 Å². The molecule has 1 N–H and O–H groups in total. The van der Waals surface area contributed by atoms with E-state index in [0.717, 1.165) is 5.69 Å². The molecule has 0 heterocycles. The fraction of sp³-hybridized carbons (Fsp3) is 0.571. The second kappa shape index (κ2) is 6.07. The number of benzene rings is 1. The number of alkyl halides is 3. The van der Waals surface area contributed by atoms with E-state index in [0.29, 0.717) is 12.0 Å². The van der Waals surface area contributed by atoms with E-state index in [2.05, 4.69) is 12.2 Å². The van der Waals surface area contributed by atoms with Crippen LogP contribution in [0.3, 0.4) is 0 Å². The lowest BCUT2D eigenvalue weighted by molar-refractivity contribution is -0.0328. The minimum atomic E-state index is -4.22. The maximum atomic E-state index is 12.2. The van der Waals surface area contributed by atoms with Crippen molar-refractivity contribution in [1.82, 2.24) is 0 Å². The predicted octanol–water partition coefficient (Wildman–Crippen LogP) is 5.29. The molecule has 0 aliphatic heterocycles. The van der Waals surface area contributed by atoms with Crippen molar-refractivity contribution in [2.45, 2.75) is 49.1 Å². The third kappa shape index (κ3) is 4.64. The fourth-order valence-electron chi connectivity index (χ4n) is 2.59. The van der Waals surface area contributed by atoms with Crippen LogP contribution in [0.15, 0.2) is 29.2 Å². The average Bonchev–Trinajstić information content (AvgIpc) is 2.83. The van der Waals surface area contributed by atoms with Gasteiger partial charge in [-0.05, 0) is 61.7 Å². The zero-order valence-electron chi connectivity index (χ0n) is 10.8. The summed E-state index contributed by atoms with van der Waals surface area (Å²) in [6.07, 6.45) is 5.07.